The third-order valence-corrected chi connectivity index (χ3v) is 13.6. The summed E-state index contributed by atoms with van der Waals surface area (Å²) < 4.78 is 0. The van der Waals surface area contributed by atoms with Crippen LogP contribution in [-0.2, 0) is 32.5 Å². The standard InChI is InChI=1S/C18H24.2C14H22.C10H22.2C10H20.C9H20/c1-17(2,3)15-11-12-16(18(4,5)6)14-10-8-7-9-13(14)15;1-13(2,3)11-7-9-12(10-8-11)14(4,5)6;1-13(2,3)11-9-7-8-10-12(11)14(4,5)6;3*1-9(2,3)7-8-10(4,5)6;1-8(2,3)7-9(4,5)6/h7-12H,1-6H3;2*7-10H,1-6H3;7-8H2,1-6H3;2*7-8H,1-6H3;7H2,1-6H3/b;;;;8-7+;8-7-;. The second-order valence-corrected chi connectivity index (χ2v) is 40.4. The first-order valence-electron chi connectivity index (χ1n) is 33.1. The number of hydrogen-bond acceptors (Lipinski definition) is 0. The molecule has 4 aromatic carbocycles. The third-order valence-electron chi connectivity index (χ3n) is 13.6. The second-order valence-electron chi connectivity index (χ2n) is 40.4. The van der Waals surface area contributed by atoms with Crippen LogP contribution < -0.4 is 0 Å². The van der Waals surface area contributed by atoms with Crippen LogP contribution in [0, 0.1) is 43.3 Å². The van der Waals surface area contributed by atoms with Gasteiger partial charge in [0.15, 0.2) is 0 Å². The Morgan fingerprint density at radius 2 is 0.412 bits per heavy atom. The van der Waals surface area contributed by atoms with Crippen LogP contribution in [0.1, 0.15) is 343 Å². The molecule has 4 aromatic rings. The molecule has 0 saturated carbocycles. The van der Waals surface area contributed by atoms with Gasteiger partial charge in [-0.2, -0.15) is 0 Å². The zero-order chi connectivity index (χ0) is 68.5. The maximum absolute atomic E-state index is 2.31. The van der Waals surface area contributed by atoms with Crippen molar-refractivity contribution in [2.24, 2.45) is 43.3 Å². The Morgan fingerprint density at radius 3 is 0.553 bits per heavy atom. The summed E-state index contributed by atoms with van der Waals surface area (Å²) >= 11 is 0. The largest absolute Gasteiger partial charge is 0.0826 e. The molecule has 0 fully saturated rings. The van der Waals surface area contributed by atoms with Crippen LogP contribution in [-0.4, -0.2) is 0 Å². The monoisotopic (exact) mass is 1170 g/mol. The molecule has 0 aliphatic rings. The fourth-order valence-corrected chi connectivity index (χ4v) is 9.21. The zero-order valence-electron chi connectivity index (χ0n) is 65.5. The first-order valence-corrected chi connectivity index (χ1v) is 33.1. The maximum atomic E-state index is 2.31. The predicted octanol–water partition coefficient (Wildman–Crippen LogP) is 28.6. The van der Waals surface area contributed by atoms with E-state index in [1.54, 1.807) is 0 Å². The smallest absolute Gasteiger partial charge is 0.0126 e. The molecule has 0 heterocycles. The summed E-state index contributed by atoms with van der Waals surface area (Å²) in [6.07, 6.45) is 13.0. The molecule has 0 heteroatoms. The van der Waals surface area contributed by atoms with E-state index in [2.05, 4.69) is 400 Å². The van der Waals surface area contributed by atoms with Crippen molar-refractivity contribution in [3.63, 3.8) is 0 Å². The molecule has 0 nitrogen and oxygen atoms in total. The van der Waals surface area contributed by atoms with Crippen molar-refractivity contribution in [1.29, 1.82) is 0 Å². The van der Waals surface area contributed by atoms with Gasteiger partial charge in [0.2, 0.25) is 0 Å². The van der Waals surface area contributed by atoms with Gasteiger partial charge in [-0.1, -0.05) is 400 Å². The normalized spacial score (nSPS) is 13.6. The van der Waals surface area contributed by atoms with E-state index in [9.17, 15) is 0 Å². The molecule has 0 unspecified atom stereocenters. The minimum Gasteiger partial charge on any atom is -0.0826 e. The van der Waals surface area contributed by atoms with Gasteiger partial charge in [0, 0.05) is 0 Å². The van der Waals surface area contributed by atoms with Crippen molar-refractivity contribution in [2.75, 3.05) is 0 Å². The Hall–Kier alpha value is -3.38. The highest BCUT2D eigenvalue weighted by Gasteiger charge is 2.26. The zero-order valence-corrected chi connectivity index (χ0v) is 65.5. The minimum atomic E-state index is 0.190. The van der Waals surface area contributed by atoms with E-state index in [0.717, 1.165) is 0 Å². The second kappa shape index (κ2) is 32.4. The highest BCUT2D eigenvalue weighted by Crippen LogP contribution is 2.38. The number of rotatable bonds is 1. The molecular formula is C85H150. The molecule has 0 atom stereocenters. The molecule has 85 heavy (non-hydrogen) atoms. The molecule has 490 valence electrons. The van der Waals surface area contributed by atoms with Gasteiger partial charge >= 0.3 is 0 Å². The van der Waals surface area contributed by atoms with Crippen molar-refractivity contribution in [2.45, 2.75) is 343 Å². The average Bonchev–Trinajstić information content (AvgIpc) is 3.24. The molecule has 4 rings (SSSR count). The first kappa shape index (κ1) is 85.8. The fourth-order valence-electron chi connectivity index (χ4n) is 9.21. The summed E-state index contributed by atoms with van der Waals surface area (Å²) in [7, 11) is 0. The summed E-state index contributed by atoms with van der Waals surface area (Å²) in [5.41, 5.74) is 13.3. The molecule has 0 bridgehead atoms. The van der Waals surface area contributed by atoms with Gasteiger partial charge in [0.1, 0.15) is 0 Å². The van der Waals surface area contributed by atoms with Crippen molar-refractivity contribution in [3.8, 4) is 0 Å². The van der Waals surface area contributed by atoms with Crippen molar-refractivity contribution in [1.82, 2.24) is 0 Å². The molecule has 0 aliphatic heterocycles. The molecule has 0 aromatic heterocycles. The van der Waals surface area contributed by atoms with Gasteiger partial charge in [0.05, 0.1) is 0 Å². The van der Waals surface area contributed by atoms with Gasteiger partial charge in [-0.15, -0.1) is 0 Å². The average molecular weight is 1170 g/mol. The predicted molar refractivity (Wildman–Crippen MR) is 397 cm³/mol. The molecule has 0 radical (unpaired) electrons. The minimum absolute atomic E-state index is 0.190. The summed E-state index contributed by atoms with van der Waals surface area (Å²) in [5, 5.41) is 2.80. The van der Waals surface area contributed by atoms with Gasteiger partial charge < -0.3 is 0 Å². The highest BCUT2D eigenvalue weighted by molar-refractivity contribution is 5.90. The van der Waals surface area contributed by atoms with E-state index in [-0.39, 0.29) is 32.5 Å². The van der Waals surface area contributed by atoms with Crippen molar-refractivity contribution < 1.29 is 0 Å². The first-order chi connectivity index (χ1) is 37.0. The van der Waals surface area contributed by atoms with Crippen LogP contribution in [0.5, 0.6) is 0 Å². The lowest BCUT2D eigenvalue weighted by molar-refractivity contribution is 0.233. The maximum Gasteiger partial charge on any atom is -0.0126 e. The van der Waals surface area contributed by atoms with Crippen LogP contribution >= 0.6 is 0 Å². The van der Waals surface area contributed by atoms with Gasteiger partial charge in [-0.05, 0) is 139 Å². The summed E-state index contributed by atoms with van der Waals surface area (Å²) in [5.74, 6) is 0. The lowest BCUT2D eigenvalue weighted by atomic mass is 9.75. The molecule has 0 spiro atoms. The van der Waals surface area contributed by atoms with Gasteiger partial charge in [-0.25, -0.2) is 0 Å². The van der Waals surface area contributed by atoms with E-state index >= 15 is 0 Å². The van der Waals surface area contributed by atoms with E-state index in [0.29, 0.717) is 43.3 Å². The third kappa shape index (κ3) is 45.5. The van der Waals surface area contributed by atoms with Gasteiger partial charge in [0.25, 0.3) is 0 Å². The van der Waals surface area contributed by atoms with Crippen LogP contribution in [0.4, 0.5) is 0 Å². The van der Waals surface area contributed by atoms with Crippen LogP contribution in [0.25, 0.3) is 10.8 Å². The van der Waals surface area contributed by atoms with E-state index in [4.69, 9.17) is 0 Å². The van der Waals surface area contributed by atoms with Crippen LogP contribution in [0.15, 0.2) is 109 Å². The lowest BCUT2D eigenvalue weighted by Gasteiger charge is -2.29. The number of benzene rings is 4. The van der Waals surface area contributed by atoms with E-state index in [1.807, 2.05) is 0 Å². The van der Waals surface area contributed by atoms with Gasteiger partial charge in [-0.3, -0.25) is 0 Å². The van der Waals surface area contributed by atoms with E-state index in [1.165, 1.54) is 63.4 Å². The van der Waals surface area contributed by atoms with Crippen LogP contribution in [0.2, 0.25) is 0 Å². The Balaban J connectivity index is -0.000000937. The lowest BCUT2D eigenvalue weighted by Crippen LogP contribution is -2.21. The van der Waals surface area contributed by atoms with Crippen molar-refractivity contribution >= 4 is 10.8 Å². The number of hydrogen-bond donors (Lipinski definition) is 0. The quantitative estimate of drug-likeness (QED) is 0.167. The molecule has 0 amide bonds. The Labute approximate surface area is 536 Å². The summed E-state index contributed by atoms with van der Waals surface area (Å²) in [6.45, 7) is 95.0. The SMILES string of the molecule is CC(C)(C)/C=C/C(C)(C)C.CC(C)(C)/C=C\C(C)(C)C.CC(C)(C)CC(C)(C)C.CC(C)(C)CCC(C)(C)C.CC(C)(C)c1ccc(C(C)(C)C)c2ccccc12.CC(C)(C)c1ccc(C(C)(C)C)cc1.CC(C)(C)c1ccccc1C(C)(C)C. The van der Waals surface area contributed by atoms with E-state index < -0.39 is 0 Å². The highest BCUT2D eigenvalue weighted by atomic mass is 14.3. The molecule has 0 aliphatic carbocycles. The Kier molecular flexibility index (Phi) is 32.7. The summed E-state index contributed by atoms with van der Waals surface area (Å²) in [4.78, 5) is 0. The fraction of sp³-hybridized carbons (Fsp3) is 0.694. The molecule has 0 saturated heterocycles. The Bertz CT molecular complexity index is 2300. The topological polar surface area (TPSA) is 0 Å². The van der Waals surface area contributed by atoms with Crippen LogP contribution in [0.3, 0.4) is 0 Å². The summed E-state index contributed by atoms with van der Waals surface area (Å²) in [6, 6.07) is 31.2. The number of allylic oxidation sites excluding steroid dienone is 4. The number of fused-ring (bicyclic) bond motifs is 1. The molecular weight excluding hydrogens is 1020 g/mol. The molecule has 0 N–H and O–H groups in total. The van der Waals surface area contributed by atoms with Crippen molar-refractivity contribution in [3.05, 3.63) is 143 Å². The Morgan fingerprint density at radius 1 is 0.212 bits per heavy atom.